The molecule has 0 aromatic carbocycles. The zero-order valence-electron chi connectivity index (χ0n) is 19.7. The first-order chi connectivity index (χ1) is 13.7. The Morgan fingerprint density at radius 1 is 1.17 bits per heavy atom. The highest BCUT2D eigenvalue weighted by molar-refractivity contribution is 14.0. The first-order valence-electron chi connectivity index (χ1n) is 11.1. The van der Waals surface area contributed by atoms with Gasteiger partial charge in [-0.25, -0.2) is 4.79 Å². The summed E-state index contributed by atoms with van der Waals surface area (Å²) >= 11 is 0. The Morgan fingerprint density at radius 3 is 2.37 bits per heavy atom. The van der Waals surface area contributed by atoms with Crippen LogP contribution < -0.4 is 10.6 Å². The molecule has 0 aliphatic carbocycles. The lowest BCUT2D eigenvalue weighted by Gasteiger charge is -2.35. The van der Waals surface area contributed by atoms with Crippen LogP contribution in [0.25, 0.3) is 0 Å². The number of ether oxygens (including phenoxy) is 1. The largest absolute Gasteiger partial charge is 0.444 e. The van der Waals surface area contributed by atoms with Crippen molar-refractivity contribution >= 4 is 36.0 Å². The van der Waals surface area contributed by atoms with Gasteiger partial charge in [0.15, 0.2) is 5.96 Å². The van der Waals surface area contributed by atoms with E-state index >= 15 is 0 Å². The molecule has 0 spiro atoms. The molecule has 2 saturated heterocycles. The van der Waals surface area contributed by atoms with Crippen LogP contribution in [0.3, 0.4) is 0 Å². The van der Waals surface area contributed by atoms with Crippen molar-refractivity contribution in [1.82, 2.24) is 25.3 Å². The van der Waals surface area contributed by atoms with E-state index in [9.17, 15) is 4.79 Å². The van der Waals surface area contributed by atoms with Gasteiger partial charge in [-0.05, 0) is 39.7 Å². The van der Waals surface area contributed by atoms with E-state index in [4.69, 9.17) is 4.74 Å². The monoisotopic (exact) mass is 538 g/mol. The average molecular weight is 539 g/mol. The van der Waals surface area contributed by atoms with E-state index in [1.165, 1.54) is 13.1 Å². The number of likely N-dealkylation sites (tertiary alicyclic amines) is 1. The Labute approximate surface area is 200 Å². The van der Waals surface area contributed by atoms with Crippen molar-refractivity contribution < 1.29 is 9.53 Å². The number of alkyl carbamates (subject to hydrolysis) is 1. The predicted octanol–water partition coefficient (Wildman–Crippen LogP) is 2.05. The van der Waals surface area contributed by atoms with Crippen molar-refractivity contribution in [1.29, 1.82) is 0 Å². The maximum absolute atomic E-state index is 12.0. The third kappa shape index (κ3) is 9.55. The van der Waals surface area contributed by atoms with Crippen molar-refractivity contribution in [3.05, 3.63) is 0 Å². The van der Waals surface area contributed by atoms with Gasteiger partial charge in [-0.2, -0.15) is 0 Å². The molecule has 1 amide bonds. The van der Waals surface area contributed by atoms with Gasteiger partial charge in [0.2, 0.25) is 0 Å². The summed E-state index contributed by atoms with van der Waals surface area (Å²) in [5, 5.41) is 6.50. The van der Waals surface area contributed by atoms with Gasteiger partial charge in [0.05, 0.1) is 6.04 Å². The highest BCUT2D eigenvalue weighted by Crippen LogP contribution is 2.12. The van der Waals surface area contributed by atoms with Gasteiger partial charge in [0, 0.05) is 59.4 Å². The van der Waals surface area contributed by atoms with E-state index in [0.29, 0.717) is 5.92 Å². The number of nitrogens with zero attached hydrogens (tertiary/aromatic N) is 4. The molecule has 0 saturated carbocycles. The fourth-order valence-electron chi connectivity index (χ4n) is 3.94. The molecule has 2 aliphatic rings. The third-order valence-electron chi connectivity index (χ3n) is 5.51. The molecular formula is C21H43IN6O2. The number of aliphatic imine (C=N–C) groups is 1. The zero-order valence-corrected chi connectivity index (χ0v) is 22.1. The number of guanidine groups is 1. The highest BCUT2D eigenvalue weighted by Gasteiger charge is 2.28. The molecule has 2 atom stereocenters. The maximum atomic E-state index is 12.0. The second kappa shape index (κ2) is 12.9. The van der Waals surface area contributed by atoms with Crippen LogP contribution in [0.5, 0.6) is 0 Å². The zero-order chi connectivity index (χ0) is 21.4. The summed E-state index contributed by atoms with van der Waals surface area (Å²) in [6, 6.07) is 0.0932. The lowest BCUT2D eigenvalue weighted by molar-refractivity contribution is 0.0507. The minimum absolute atomic E-state index is 0. The van der Waals surface area contributed by atoms with E-state index in [1.54, 1.807) is 0 Å². The minimum atomic E-state index is -0.473. The molecular weight excluding hydrogens is 495 g/mol. The van der Waals surface area contributed by atoms with Crippen LogP contribution in [-0.2, 0) is 4.74 Å². The summed E-state index contributed by atoms with van der Waals surface area (Å²) in [7, 11) is 1.82. The molecule has 0 aromatic heterocycles. The second-order valence-corrected chi connectivity index (χ2v) is 9.35. The highest BCUT2D eigenvalue weighted by atomic mass is 127. The lowest BCUT2D eigenvalue weighted by Crippen LogP contribution is -2.49. The van der Waals surface area contributed by atoms with Gasteiger partial charge in [0.25, 0.3) is 0 Å². The van der Waals surface area contributed by atoms with E-state index in [1.807, 2.05) is 27.8 Å². The van der Waals surface area contributed by atoms with Crippen LogP contribution in [-0.4, -0.2) is 104 Å². The van der Waals surface area contributed by atoms with Crippen molar-refractivity contribution in [3.63, 3.8) is 0 Å². The molecule has 30 heavy (non-hydrogen) atoms. The standard InChI is InChI=1S/C21H42N6O2.HI/c1-7-25-10-12-26(13-11-25)15-17(2)14-23-19(22-6)27-9-8-18(16-27)24-20(28)29-21(3,4)5;/h17-18H,7-16H2,1-6H3,(H,22,23)(H,24,28);1H. The summed E-state index contributed by atoms with van der Waals surface area (Å²) in [6.07, 6.45) is 0.557. The Balaban J connectivity index is 0.00000450. The Kier molecular flexibility index (Phi) is 11.7. The van der Waals surface area contributed by atoms with Crippen LogP contribution in [0.15, 0.2) is 4.99 Å². The number of carbonyl (C=O) groups is 1. The molecule has 176 valence electrons. The maximum Gasteiger partial charge on any atom is 0.407 e. The fraction of sp³-hybridized carbons (Fsp3) is 0.905. The van der Waals surface area contributed by atoms with Crippen LogP contribution in [0.2, 0.25) is 0 Å². The predicted molar refractivity (Wildman–Crippen MR) is 134 cm³/mol. The normalized spacial score (nSPS) is 22.4. The molecule has 2 fully saturated rings. The first-order valence-corrected chi connectivity index (χ1v) is 11.1. The number of rotatable bonds is 6. The Hall–Kier alpha value is -0.810. The number of piperazine rings is 1. The van der Waals surface area contributed by atoms with Crippen molar-refractivity contribution in [3.8, 4) is 0 Å². The summed E-state index contributed by atoms with van der Waals surface area (Å²) in [5.41, 5.74) is -0.473. The minimum Gasteiger partial charge on any atom is -0.444 e. The molecule has 8 nitrogen and oxygen atoms in total. The van der Waals surface area contributed by atoms with Crippen LogP contribution in [0.1, 0.15) is 41.0 Å². The molecule has 0 bridgehead atoms. The molecule has 9 heteroatoms. The number of hydrogen-bond acceptors (Lipinski definition) is 5. The second-order valence-electron chi connectivity index (χ2n) is 9.35. The number of amides is 1. The summed E-state index contributed by atoms with van der Waals surface area (Å²) in [5.74, 6) is 1.47. The Bertz CT molecular complexity index is 546. The smallest absolute Gasteiger partial charge is 0.407 e. The fourth-order valence-corrected chi connectivity index (χ4v) is 3.94. The topological polar surface area (TPSA) is 72.4 Å². The average Bonchev–Trinajstić information content (AvgIpc) is 3.09. The number of hydrogen-bond donors (Lipinski definition) is 2. The van der Waals surface area contributed by atoms with Gasteiger partial charge in [-0.3, -0.25) is 4.99 Å². The third-order valence-corrected chi connectivity index (χ3v) is 5.51. The van der Waals surface area contributed by atoms with Crippen molar-refractivity contribution in [2.24, 2.45) is 10.9 Å². The van der Waals surface area contributed by atoms with Gasteiger partial charge >= 0.3 is 6.09 Å². The summed E-state index contributed by atoms with van der Waals surface area (Å²) < 4.78 is 5.36. The molecule has 2 unspecified atom stereocenters. The molecule has 2 rings (SSSR count). The lowest BCUT2D eigenvalue weighted by atomic mass is 10.1. The van der Waals surface area contributed by atoms with Crippen molar-refractivity contribution in [2.45, 2.75) is 52.7 Å². The van der Waals surface area contributed by atoms with E-state index in [-0.39, 0.29) is 36.1 Å². The van der Waals surface area contributed by atoms with E-state index in [2.05, 4.69) is 44.2 Å². The molecule has 0 radical (unpaired) electrons. The van der Waals surface area contributed by atoms with Gasteiger partial charge in [-0.15, -0.1) is 24.0 Å². The van der Waals surface area contributed by atoms with Gasteiger partial charge in [0.1, 0.15) is 5.60 Å². The van der Waals surface area contributed by atoms with Crippen LogP contribution >= 0.6 is 24.0 Å². The Morgan fingerprint density at radius 2 is 1.80 bits per heavy atom. The summed E-state index contributed by atoms with van der Waals surface area (Å²) in [6.45, 7) is 19.7. The molecule has 2 aliphatic heterocycles. The number of carbonyl (C=O) groups excluding carboxylic acids is 1. The van der Waals surface area contributed by atoms with Crippen LogP contribution in [0.4, 0.5) is 4.79 Å². The van der Waals surface area contributed by atoms with Gasteiger partial charge < -0.3 is 30.1 Å². The molecule has 2 N–H and O–H groups in total. The first kappa shape index (κ1) is 27.2. The number of likely N-dealkylation sites (N-methyl/N-ethyl adjacent to an activating group) is 1. The van der Waals surface area contributed by atoms with Gasteiger partial charge in [-0.1, -0.05) is 13.8 Å². The van der Waals surface area contributed by atoms with E-state index in [0.717, 1.165) is 58.2 Å². The summed E-state index contributed by atoms with van der Waals surface area (Å²) in [4.78, 5) is 23.7. The molecule has 0 aromatic rings. The SMILES string of the molecule is CCN1CCN(CC(C)CNC(=NC)N2CCC(NC(=O)OC(C)(C)C)C2)CC1.I. The van der Waals surface area contributed by atoms with Crippen molar-refractivity contribution in [2.75, 3.05) is 66.0 Å². The van der Waals surface area contributed by atoms with E-state index < -0.39 is 5.60 Å². The molecule has 2 heterocycles. The number of halogens is 1. The van der Waals surface area contributed by atoms with Crippen LogP contribution in [0, 0.1) is 5.92 Å². The number of nitrogens with one attached hydrogen (secondary N) is 2. The quantitative estimate of drug-likeness (QED) is 0.307.